The summed E-state index contributed by atoms with van der Waals surface area (Å²) in [5, 5.41) is 2.68. The van der Waals surface area contributed by atoms with Gasteiger partial charge in [-0.2, -0.15) is 0 Å². The van der Waals surface area contributed by atoms with Gasteiger partial charge in [-0.3, -0.25) is 0 Å². The fraction of sp³-hybridized carbons (Fsp3) is 0.125. The van der Waals surface area contributed by atoms with Crippen LogP contribution in [0, 0.1) is 0 Å². The van der Waals surface area contributed by atoms with E-state index in [-0.39, 0.29) is 6.03 Å². The van der Waals surface area contributed by atoms with Gasteiger partial charge in [0, 0.05) is 12.1 Å². The van der Waals surface area contributed by atoms with Crippen molar-refractivity contribution in [3.63, 3.8) is 0 Å². The topological polar surface area (TPSA) is 41.5 Å². The molecular weight excluding hydrogens is 236 g/mol. The summed E-state index contributed by atoms with van der Waals surface area (Å²) in [5.41, 5.74) is 4.49. The molecule has 3 heteroatoms. The SMILES string of the molecule is O=C1N=C(Cc2ccc(-c3ccccc3)cc2)CN1. The summed E-state index contributed by atoms with van der Waals surface area (Å²) < 4.78 is 0. The molecule has 94 valence electrons. The zero-order chi connectivity index (χ0) is 13.1. The van der Waals surface area contributed by atoms with E-state index in [0.29, 0.717) is 6.54 Å². The van der Waals surface area contributed by atoms with Crippen LogP contribution in [0.5, 0.6) is 0 Å². The van der Waals surface area contributed by atoms with Crippen LogP contribution >= 0.6 is 0 Å². The van der Waals surface area contributed by atoms with E-state index < -0.39 is 0 Å². The Kier molecular flexibility index (Phi) is 3.11. The number of carbonyl (C=O) groups excluding carboxylic acids is 1. The quantitative estimate of drug-likeness (QED) is 0.893. The van der Waals surface area contributed by atoms with Gasteiger partial charge in [0.15, 0.2) is 0 Å². The van der Waals surface area contributed by atoms with Crippen molar-refractivity contribution in [2.24, 2.45) is 4.99 Å². The van der Waals surface area contributed by atoms with Crippen LogP contribution in [0.25, 0.3) is 11.1 Å². The summed E-state index contributed by atoms with van der Waals surface area (Å²) in [4.78, 5) is 14.9. The second-order valence-electron chi connectivity index (χ2n) is 4.58. The van der Waals surface area contributed by atoms with Crippen LogP contribution in [-0.4, -0.2) is 18.3 Å². The van der Waals surface area contributed by atoms with Crippen molar-refractivity contribution in [3.8, 4) is 11.1 Å². The molecule has 0 radical (unpaired) electrons. The molecule has 0 spiro atoms. The molecule has 1 aliphatic heterocycles. The van der Waals surface area contributed by atoms with Gasteiger partial charge in [-0.15, -0.1) is 0 Å². The van der Waals surface area contributed by atoms with Crippen LogP contribution in [0.3, 0.4) is 0 Å². The molecule has 3 rings (SSSR count). The highest BCUT2D eigenvalue weighted by molar-refractivity contribution is 6.03. The van der Waals surface area contributed by atoms with Gasteiger partial charge in [0.1, 0.15) is 0 Å². The number of nitrogens with zero attached hydrogens (tertiary/aromatic N) is 1. The Morgan fingerprint density at radius 2 is 1.63 bits per heavy atom. The Labute approximate surface area is 112 Å². The molecule has 2 amide bonds. The molecule has 0 saturated carbocycles. The number of benzene rings is 2. The molecule has 1 heterocycles. The Bertz CT molecular complexity index is 615. The molecule has 0 aromatic heterocycles. The second kappa shape index (κ2) is 5.06. The average Bonchev–Trinajstić information content (AvgIpc) is 2.86. The van der Waals surface area contributed by atoms with E-state index in [4.69, 9.17) is 0 Å². The lowest BCUT2D eigenvalue weighted by Crippen LogP contribution is -2.17. The first-order valence-electron chi connectivity index (χ1n) is 6.30. The summed E-state index contributed by atoms with van der Waals surface area (Å²) in [6.07, 6.45) is 0.730. The highest BCUT2D eigenvalue weighted by Gasteiger charge is 2.12. The molecule has 2 aromatic rings. The fourth-order valence-electron chi connectivity index (χ4n) is 2.18. The standard InChI is InChI=1S/C16H14N2O/c19-16-17-11-15(18-16)10-12-6-8-14(9-7-12)13-4-2-1-3-5-13/h1-9H,10-11H2,(H,17,19). The van der Waals surface area contributed by atoms with Crippen molar-refractivity contribution in [1.82, 2.24) is 5.32 Å². The molecule has 0 aliphatic carbocycles. The van der Waals surface area contributed by atoms with Crippen LogP contribution in [0.1, 0.15) is 5.56 Å². The second-order valence-corrected chi connectivity index (χ2v) is 4.58. The Morgan fingerprint density at radius 1 is 0.947 bits per heavy atom. The molecule has 0 unspecified atom stereocenters. The lowest BCUT2D eigenvalue weighted by atomic mass is 10.0. The summed E-state index contributed by atoms with van der Waals surface area (Å²) in [6.45, 7) is 0.569. The van der Waals surface area contributed by atoms with E-state index in [1.54, 1.807) is 0 Å². The van der Waals surface area contributed by atoms with Crippen molar-refractivity contribution < 1.29 is 4.79 Å². The van der Waals surface area contributed by atoms with Crippen molar-refractivity contribution in [2.75, 3.05) is 6.54 Å². The van der Waals surface area contributed by atoms with Gasteiger partial charge in [-0.1, -0.05) is 54.6 Å². The molecule has 1 N–H and O–H groups in total. The summed E-state index contributed by atoms with van der Waals surface area (Å²) >= 11 is 0. The maximum atomic E-state index is 11.0. The lowest BCUT2D eigenvalue weighted by Gasteiger charge is -2.04. The highest BCUT2D eigenvalue weighted by atomic mass is 16.2. The Balaban J connectivity index is 1.76. The first kappa shape index (κ1) is 11.7. The van der Waals surface area contributed by atoms with Gasteiger partial charge in [0.05, 0.1) is 6.54 Å². The summed E-state index contributed by atoms with van der Waals surface area (Å²) in [7, 11) is 0. The minimum absolute atomic E-state index is 0.226. The number of urea groups is 1. The van der Waals surface area contributed by atoms with Gasteiger partial charge >= 0.3 is 6.03 Å². The number of nitrogens with one attached hydrogen (secondary N) is 1. The van der Waals surface area contributed by atoms with Crippen LogP contribution in [0.2, 0.25) is 0 Å². The number of amides is 2. The van der Waals surface area contributed by atoms with E-state index in [1.165, 1.54) is 16.7 Å². The van der Waals surface area contributed by atoms with Crippen LogP contribution in [-0.2, 0) is 6.42 Å². The Hall–Kier alpha value is -2.42. The maximum absolute atomic E-state index is 11.0. The number of hydrogen-bond acceptors (Lipinski definition) is 1. The molecule has 3 nitrogen and oxygen atoms in total. The van der Waals surface area contributed by atoms with Crippen LogP contribution in [0.15, 0.2) is 59.6 Å². The molecule has 19 heavy (non-hydrogen) atoms. The Morgan fingerprint density at radius 3 is 2.26 bits per heavy atom. The molecule has 1 aliphatic rings. The predicted octanol–water partition coefficient (Wildman–Crippen LogP) is 3.06. The van der Waals surface area contributed by atoms with Gasteiger partial charge in [0.2, 0.25) is 0 Å². The van der Waals surface area contributed by atoms with Gasteiger partial charge in [-0.25, -0.2) is 9.79 Å². The normalized spacial score (nSPS) is 14.1. The van der Waals surface area contributed by atoms with Gasteiger partial charge in [0.25, 0.3) is 0 Å². The van der Waals surface area contributed by atoms with Crippen molar-refractivity contribution in [3.05, 3.63) is 60.2 Å². The molecule has 2 aromatic carbocycles. The summed E-state index contributed by atoms with van der Waals surface area (Å²) in [6, 6.07) is 18.4. The van der Waals surface area contributed by atoms with Crippen molar-refractivity contribution in [2.45, 2.75) is 6.42 Å². The van der Waals surface area contributed by atoms with E-state index in [1.807, 2.05) is 18.2 Å². The average molecular weight is 250 g/mol. The van der Waals surface area contributed by atoms with Crippen LogP contribution < -0.4 is 5.32 Å². The molecule has 0 fully saturated rings. The minimum atomic E-state index is -0.226. The zero-order valence-corrected chi connectivity index (χ0v) is 10.5. The zero-order valence-electron chi connectivity index (χ0n) is 10.5. The maximum Gasteiger partial charge on any atom is 0.341 e. The van der Waals surface area contributed by atoms with Crippen molar-refractivity contribution in [1.29, 1.82) is 0 Å². The smallest absolute Gasteiger partial charge is 0.331 e. The monoisotopic (exact) mass is 250 g/mol. The minimum Gasteiger partial charge on any atom is -0.331 e. The molecule has 0 atom stereocenters. The van der Waals surface area contributed by atoms with E-state index in [2.05, 4.69) is 46.7 Å². The summed E-state index contributed by atoms with van der Waals surface area (Å²) in [5.74, 6) is 0. The highest BCUT2D eigenvalue weighted by Crippen LogP contribution is 2.19. The molecular formula is C16H14N2O. The first-order valence-corrected chi connectivity index (χ1v) is 6.30. The third kappa shape index (κ3) is 2.71. The fourth-order valence-corrected chi connectivity index (χ4v) is 2.18. The van der Waals surface area contributed by atoms with E-state index in [0.717, 1.165) is 12.1 Å². The molecule has 0 bridgehead atoms. The number of aliphatic imine (C=N–C) groups is 1. The number of carbonyl (C=O) groups is 1. The first-order chi connectivity index (χ1) is 9.31. The third-order valence-corrected chi connectivity index (χ3v) is 3.17. The largest absolute Gasteiger partial charge is 0.341 e. The lowest BCUT2D eigenvalue weighted by molar-refractivity contribution is 0.252. The van der Waals surface area contributed by atoms with Gasteiger partial charge < -0.3 is 5.32 Å². The predicted molar refractivity (Wildman–Crippen MR) is 76.4 cm³/mol. The van der Waals surface area contributed by atoms with E-state index in [9.17, 15) is 4.79 Å². The number of rotatable bonds is 3. The van der Waals surface area contributed by atoms with Crippen molar-refractivity contribution >= 4 is 11.7 Å². The van der Waals surface area contributed by atoms with E-state index >= 15 is 0 Å². The molecule has 0 saturated heterocycles. The van der Waals surface area contributed by atoms with Crippen LogP contribution in [0.4, 0.5) is 4.79 Å². The van der Waals surface area contributed by atoms with Gasteiger partial charge in [-0.05, 0) is 16.7 Å². The number of hydrogen-bond donors (Lipinski definition) is 1. The third-order valence-electron chi connectivity index (χ3n) is 3.17.